The van der Waals surface area contributed by atoms with E-state index in [-0.39, 0.29) is 16.6 Å². The molecule has 2 rings (SSSR count). The van der Waals surface area contributed by atoms with E-state index in [4.69, 9.17) is 5.73 Å². The summed E-state index contributed by atoms with van der Waals surface area (Å²) >= 11 is 0. The van der Waals surface area contributed by atoms with Crippen LogP contribution in [0.15, 0.2) is 23.1 Å². The van der Waals surface area contributed by atoms with Crippen LogP contribution in [-0.4, -0.2) is 25.3 Å². The highest BCUT2D eigenvalue weighted by Crippen LogP contribution is 2.29. The number of nitrogen functional groups attached to an aromatic ring is 1. The lowest BCUT2D eigenvalue weighted by atomic mass is 10.1. The van der Waals surface area contributed by atoms with Crippen molar-refractivity contribution in [1.29, 1.82) is 0 Å². The molecule has 1 fully saturated rings. The summed E-state index contributed by atoms with van der Waals surface area (Å²) in [6, 6.07) is 3.82. The maximum absolute atomic E-state index is 13.4. The number of piperidine rings is 1. The second kappa shape index (κ2) is 4.85. The number of nitrogens with two attached hydrogens (primary N) is 1. The zero-order valence-electron chi connectivity index (χ0n) is 10.3. The van der Waals surface area contributed by atoms with Gasteiger partial charge in [0, 0.05) is 12.6 Å². The molecule has 0 aromatic heterocycles. The molecule has 1 heterocycles. The third kappa shape index (κ3) is 2.22. The Morgan fingerprint density at radius 1 is 1.39 bits per heavy atom. The second-order valence-corrected chi connectivity index (χ2v) is 6.47. The monoisotopic (exact) mass is 272 g/mol. The van der Waals surface area contributed by atoms with E-state index in [1.807, 2.05) is 6.92 Å². The number of hydrogen-bond donors (Lipinski definition) is 1. The van der Waals surface area contributed by atoms with E-state index in [1.165, 1.54) is 16.4 Å². The van der Waals surface area contributed by atoms with Gasteiger partial charge in [-0.05, 0) is 31.9 Å². The Morgan fingerprint density at radius 2 is 2.11 bits per heavy atom. The van der Waals surface area contributed by atoms with Gasteiger partial charge in [0.15, 0.2) is 0 Å². The van der Waals surface area contributed by atoms with Gasteiger partial charge < -0.3 is 5.73 Å². The Hall–Kier alpha value is -1.14. The van der Waals surface area contributed by atoms with Gasteiger partial charge in [-0.2, -0.15) is 4.31 Å². The standard InChI is InChI=1S/C12H17FN2O2S/c1-9-5-2-3-8-15(9)18(16,17)11-7-4-6-10(13)12(11)14/h4,6-7,9H,2-3,5,8,14H2,1H3. The fourth-order valence-electron chi connectivity index (χ4n) is 2.30. The van der Waals surface area contributed by atoms with Crippen molar-refractivity contribution in [2.75, 3.05) is 12.3 Å². The van der Waals surface area contributed by atoms with Crippen molar-refractivity contribution in [3.63, 3.8) is 0 Å². The molecular formula is C12H17FN2O2S. The van der Waals surface area contributed by atoms with E-state index in [2.05, 4.69) is 0 Å². The summed E-state index contributed by atoms with van der Waals surface area (Å²) in [7, 11) is -3.70. The largest absolute Gasteiger partial charge is 0.395 e. The third-order valence-electron chi connectivity index (χ3n) is 3.34. The number of anilines is 1. The van der Waals surface area contributed by atoms with E-state index >= 15 is 0 Å². The molecular weight excluding hydrogens is 255 g/mol. The van der Waals surface area contributed by atoms with E-state index in [9.17, 15) is 12.8 Å². The summed E-state index contributed by atoms with van der Waals surface area (Å²) < 4.78 is 39.7. The van der Waals surface area contributed by atoms with Gasteiger partial charge in [-0.1, -0.05) is 12.5 Å². The minimum absolute atomic E-state index is 0.0635. The molecule has 2 N–H and O–H groups in total. The summed E-state index contributed by atoms with van der Waals surface area (Å²) in [6.07, 6.45) is 2.68. The van der Waals surface area contributed by atoms with Crippen LogP contribution in [0.5, 0.6) is 0 Å². The van der Waals surface area contributed by atoms with Crippen LogP contribution in [0.2, 0.25) is 0 Å². The normalized spacial score (nSPS) is 22.0. The first kappa shape index (κ1) is 13.3. The molecule has 1 aliphatic rings. The van der Waals surface area contributed by atoms with Crippen LogP contribution in [-0.2, 0) is 10.0 Å². The summed E-state index contributed by atoms with van der Waals surface area (Å²) in [5, 5.41) is 0. The van der Waals surface area contributed by atoms with E-state index in [1.54, 1.807) is 0 Å². The van der Waals surface area contributed by atoms with Crippen LogP contribution in [0.4, 0.5) is 10.1 Å². The zero-order chi connectivity index (χ0) is 13.3. The topological polar surface area (TPSA) is 63.4 Å². The SMILES string of the molecule is CC1CCCCN1S(=O)(=O)c1cccc(F)c1N. The van der Waals surface area contributed by atoms with Crippen molar-refractivity contribution in [2.45, 2.75) is 37.1 Å². The molecule has 1 unspecified atom stereocenters. The first-order valence-electron chi connectivity index (χ1n) is 6.00. The molecule has 0 aliphatic carbocycles. The van der Waals surface area contributed by atoms with Crippen LogP contribution in [0.1, 0.15) is 26.2 Å². The number of benzene rings is 1. The summed E-state index contributed by atoms with van der Waals surface area (Å²) in [5.74, 6) is -0.694. The molecule has 0 bridgehead atoms. The van der Waals surface area contributed by atoms with Gasteiger partial charge in [-0.25, -0.2) is 12.8 Å². The van der Waals surface area contributed by atoms with E-state index in [0.717, 1.165) is 25.3 Å². The zero-order valence-corrected chi connectivity index (χ0v) is 11.1. The fraction of sp³-hybridized carbons (Fsp3) is 0.500. The van der Waals surface area contributed by atoms with Crippen LogP contribution < -0.4 is 5.73 Å². The Balaban J connectivity index is 2.44. The van der Waals surface area contributed by atoms with Crippen molar-refractivity contribution < 1.29 is 12.8 Å². The summed E-state index contributed by atoms with van der Waals surface area (Å²) in [6.45, 7) is 2.34. The summed E-state index contributed by atoms with van der Waals surface area (Å²) in [5.41, 5.74) is 5.24. The average Bonchev–Trinajstić information content (AvgIpc) is 2.32. The number of halogens is 1. The van der Waals surface area contributed by atoms with Crippen molar-refractivity contribution in [3.05, 3.63) is 24.0 Å². The third-order valence-corrected chi connectivity index (χ3v) is 5.41. The average molecular weight is 272 g/mol. The first-order chi connectivity index (χ1) is 8.44. The minimum atomic E-state index is -3.70. The van der Waals surface area contributed by atoms with Crippen molar-refractivity contribution in [3.8, 4) is 0 Å². The lowest BCUT2D eigenvalue weighted by molar-refractivity contribution is 0.268. The summed E-state index contributed by atoms with van der Waals surface area (Å²) in [4.78, 5) is -0.128. The number of nitrogens with zero attached hydrogens (tertiary/aromatic N) is 1. The van der Waals surface area contributed by atoms with E-state index < -0.39 is 15.8 Å². The predicted octanol–water partition coefficient (Wildman–Crippen LogP) is 1.97. The van der Waals surface area contributed by atoms with Gasteiger partial charge >= 0.3 is 0 Å². The van der Waals surface area contributed by atoms with Crippen molar-refractivity contribution in [1.82, 2.24) is 4.31 Å². The van der Waals surface area contributed by atoms with Gasteiger partial charge in [0.05, 0.1) is 5.69 Å². The van der Waals surface area contributed by atoms with Gasteiger partial charge in [0.1, 0.15) is 10.7 Å². The Morgan fingerprint density at radius 3 is 2.78 bits per heavy atom. The van der Waals surface area contributed by atoms with Crippen LogP contribution >= 0.6 is 0 Å². The van der Waals surface area contributed by atoms with Crippen molar-refractivity contribution >= 4 is 15.7 Å². The highest BCUT2D eigenvalue weighted by molar-refractivity contribution is 7.89. The molecule has 1 saturated heterocycles. The highest BCUT2D eigenvalue weighted by atomic mass is 32.2. The lowest BCUT2D eigenvalue weighted by Gasteiger charge is -2.32. The van der Waals surface area contributed by atoms with Crippen LogP contribution in [0, 0.1) is 5.82 Å². The minimum Gasteiger partial charge on any atom is -0.395 e. The van der Waals surface area contributed by atoms with E-state index in [0.29, 0.717) is 6.54 Å². The Labute approximate surface area is 107 Å². The number of rotatable bonds is 2. The maximum atomic E-state index is 13.4. The Kier molecular flexibility index (Phi) is 3.59. The molecule has 0 spiro atoms. The Bertz CT molecular complexity index is 545. The maximum Gasteiger partial charge on any atom is 0.245 e. The molecule has 0 amide bonds. The first-order valence-corrected chi connectivity index (χ1v) is 7.44. The smallest absolute Gasteiger partial charge is 0.245 e. The molecule has 100 valence electrons. The van der Waals surface area contributed by atoms with Crippen LogP contribution in [0.25, 0.3) is 0 Å². The molecule has 6 heteroatoms. The molecule has 0 radical (unpaired) electrons. The highest BCUT2D eigenvalue weighted by Gasteiger charge is 2.32. The number of para-hydroxylation sites is 1. The number of hydrogen-bond acceptors (Lipinski definition) is 3. The quantitative estimate of drug-likeness (QED) is 0.837. The van der Waals surface area contributed by atoms with Crippen molar-refractivity contribution in [2.24, 2.45) is 0 Å². The predicted molar refractivity (Wildman–Crippen MR) is 68.0 cm³/mol. The molecule has 1 aliphatic heterocycles. The molecule has 18 heavy (non-hydrogen) atoms. The molecule has 1 aromatic rings. The van der Waals surface area contributed by atoms with Gasteiger partial charge in [0.25, 0.3) is 0 Å². The fourth-order valence-corrected chi connectivity index (χ4v) is 4.12. The second-order valence-electron chi connectivity index (χ2n) is 4.61. The van der Waals surface area contributed by atoms with Gasteiger partial charge in [0.2, 0.25) is 10.0 Å². The van der Waals surface area contributed by atoms with Crippen LogP contribution in [0.3, 0.4) is 0 Å². The molecule has 1 atom stereocenters. The lowest BCUT2D eigenvalue weighted by Crippen LogP contribution is -2.42. The molecule has 1 aromatic carbocycles. The number of sulfonamides is 1. The van der Waals surface area contributed by atoms with Gasteiger partial charge in [-0.3, -0.25) is 0 Å². The molecule has 4 nitrogen and oxygen atoms in total. The van der Waals surface area contributed by atoms with Gasteiger partial charge in [-0.15, -0.1) is 0 Å². The molecule has 0 saturated carbocycles.